The lowest BCUT2D eigenvalue weighted by molar-refractivity contribution is -0.145. The van der Waals surface area contributed by atoms with Gasteiger partial charge in [-0.15, -0.1) is 0 Å². The van der Waals surface area contributed by atoms with E-state index in [9.17, 15) is 9.59 Å². The molecule has 2 rings (SSSR count). The third-order valence-corrected chi connectivity index (χ3v) is 4.25. The van der Waals surface area contributed by atoms with Gasteiger partial charge in [-0.25, -0.2) is 0 Å². The van der Waals surface area contributed by atoms with Crippen molar-refractivity contribution in [2.75, 3.05) is 39.4 Å². The average molecular weight is 400 g/mol. The minimum Gasteiger partial charge on any atom is -0.469 e. The zero-order chi connectivity index (χ0) is 21.1. The van der Waals surface area contributed by atoms with Crippen LogP contribution in [0, 0.1) is 5.92 Å². The Bertz CT molecular complexity index is 782. The van der Waals surface area contributed by atoms with Crippen molar-refractivity contribution in [1.82, 2.24) is 4.90 Å². The Morgan fingerprint density at radius 2 is 1.72 bits per heavy atom. The van der Waals surface area contributed by atoms with E-state index >= 15 is 0 Å². The monoisotopic (exact) mass is 400 g/mol. The number of carbonyl (C=O) groups excluding carboxylic acids is 2. The number of anilines is 1. The van der Waals surface area contributed by atoms with Gasteiger partial charge in [0.15, 0.2) is 6.79 Å². The molecule has 0 saturated carbocycles. The van der Waals surface area contributed by atoms with E-state index < -0.39 is 0 Å². The Hall–Kier alpha value is -2.90. The van der Waals surface area contributed by atoms with E-state index in [0.717, 1.165) is 5.56 Å². The highest BCUT2D eigenvalue weighted by atomic mass is 16.7. The summed E-state index contributed by atoms with van der Waals surface area (Å²) < 4.78 is 15.2. The number of esters is 1. The second-order valence-electron chi connectivity index (χ2n) is 6.67. The number of ether oxygens (including phenoxy) is 3. The highest BCUT2D eigenvalue weighted by Crippen LogP contribution is 2.23. The lowest BCUT2D eigenvalue weighted by Gasteiger charge is -2.24. The fourth-order valence-electron chi connectivity index (χ4n) is 2.90. The summed E-state index contributed by atoms with van der Waals surface area (Å²) >= 11 is 0. The Kier molecular flexibility index (Phi) is 9.14. The van der Waals surface area contributed by atoms with Gasteiger partial charge in [-0.05, 0) is 17.7 Å². The molecule has 7 heteroatoms. The first-order valence-corrected chi connectivity index (χ1v) is 9.38. The smallest absolute Gasteiger partial charge is 0.309 e. The quantitative estimate of drug-likeness (QED) is 0.462. The van der Waals surface area contributed by atoms with Crippen molar-refractivity contribution in [1.29, 1.82) is 0 Å². The SMILES string of the molecule is COCOc1ccccc1NC(=O)CN(Cc1ccccc1)CC(C)C(=O)OC. The molecule has 0 aromatic heterocycles. The van der Waals surface area contributed by atoms with Crippen molar-refractivity contribution < 1.29 is 23.8 Å². The maximum atomic E-state index is 12.7. The van der Waals surface area contributed by atoms with Crippen LogP contribution in [-0.2, 0) is 25.6 Å². The summed E-state index contributed by atoms with van der Waals surface area (Å²) in [5.41, 5.74) is 1.62. The second kappa shape index (κ2) is 11.8. The van der Waals surface area contributed by atoms with Gasteiger partial charge in [0.2, 0.25) is 5.91 Å². The van der Waals surface area contributed by atoms with E-state index in [-0.39, 0.29) is 31.1 Å². The van der Waals surface area contributed by atoms with Crippen LogP contribution in [0.15, 0.2) is 54.6 Å². The molecule has 0 saturated heterocycles. The molecule has 7 nitrogen and oxygen atoms in total. The number of carbonyl (C=O) groups is 2. The average Bonchev–Trinajstić information content (AvgIpc) is 2.73. The highest BCUT2D eigenvalue weighted by molar-refractivity contribution is 5.93. The van der Waals surface area contributed by atoms with Gasteiger partial charge in [0.25, 0.3) is 0 Å². The van der Waals surface area contributed by atoms with E-state index in [4.69, 9.17) is 14.2 Å². The molecular weight excluding hydrogens is 372 g/mol. The first-order chi connectivity index (χ1) is 14.0. The minimum atomic E-state index is -0.353. The first-order valence-electron chi connectivity index (χ1n) is 9.38. The van der Waals surface area contributed by atoms with Crippen LogP contribution < -0.4 is 10.1 Å². The number of hydrogen-bond acceptors (Lipinski definition) is 6. The van der Waals surface area contributed by atoms with E-state index in [1.54, 1.807) is 19.1 Å². The molecule has 0 fully saturated rings. The number of nitrogens with one attached hydrogen (secondary N) is 1. The molecule has 29 heavy (non-hydrogen) atoms. The zero-order valence-corrected chi connectivity index (χ0v) is 17.1. The standard InChI is InChI=1S/C22H28N2O5/c1-17(22(26)28-3)13-24(14-18-9-5-4-6-10-18)15-21(25)23-19-11-7-8-12-20(19)29-16-27-2/h4-12,17H,13-16H2,1-3H3,(H,23,25). The van der Waals surface area contributed by atoms with Gasteiger partial charge in [0, 0.05) is 20.2 Å². The van der Waals surface area contributed by atoms with E-state index in [1.165, 1.54) is 14.2 Å². The lowest BCUT2D eigenvalue weighted by Crippen LogP contribution is -2.37. The van der Waals surface area contributed by atoms with Crippen molar-refractivity contribution in [2.24, 2.45) is 5.92 Å². The molecule has 0 aliphatic carbocycles. The van der Waals surface area contributed by atoms with Crippen LogP contribution in [0.4, 0.5) is 5.69 Å². The normalized spacial score (nSPS) is 11.7. The van der Waals surface area contributed by atoms with E-state index in [0.29, 0.717) is 24.5 Å². The Balaban J connectivity index is 2.07. The first kappa shape index (κ1) is 22.4. The van der Waals surface area contributed by atoms with Crippen LogP contribution in [-0.4, -0.2) is 50.9 Å². The molecule has 2 aromatic rings. The summed E-state index contributed by atoms with van der Waals surface area (Å²) in [7, 11) is 2.90. The largest absolute Gasteiger partial charge is 0.469 e. The van der Waals surface area contributed by atoms with Crippen LogP contribution in [0.1, 0.15) is 12.5 Å². The van der Waals surface area contributed by atoms with Gasteiger partial charge >= 0.3 is 5.97 Å². The van der Waals surface area contributed by atoms with Gasteiger partial charge in [0.1, 0.15) is 5.75 Å². The minimum absolute atomic E-state index is 0.0870. The summed E-state index contributed by atoms with van der Waals surface area (Å²) in [6, 6.07) is 17.0. The van der Waals surface area contributed by atoms with Gasteiger partial charge in [-0.1, -0.05) is 49.4 Å². The maximum Gasteiger partial charge on any atom is 0.309 e. The lowest BCUT2D eigenvalue weighted by atomic mass is 10.1. The van der Waals surface area contributed by atoms with Crippen molar-refractivity contribution in [3.8, 4) is 5.75 Å². The number of nitrogens with zero attached hydrogens (tertiary/aromatic N) is 1. The maximum absolute atomic E-state index is 12.7. The third-order valence-electron chi connectivity index (χ3n) is 4.25. The number of amides is 1. The molecule has 1 N–H and O–H groups in total. The van der Waals surface area contributed by atoms with Crippen LogP contribution in [0.5, 0.6) is 5.75 Å². The molecule has 1 unspecified atom stereocenters. The molecular formula is C22H28N2O5. The molecule has 0 radical (unpaired) electrons. The highest BCUT2D eigenvalue weighted by Gasteiger charge is 2.20. The molecule has 156 valence electrons. The molecule has 0 spiro atoms. The van der Waals surface area contributed by atoms with Gasteiger partial charge in [-0.3, -0.25) is 14.5 Å². The van der Waals surface area contributed by atoms with E-state index in [2.05, 4.69) is 5.32 Å². The summed E-state index contributed by atoms with van der Waals surface area (Å²) in [5.74, 6) is -0.331. The van der Waals surface area contributed by atoms with Gasteiger partial charge < -0.3 is 19.5 Å². The summed E-state index contributed by atoms with van der Waals surface area (Å²) in [6.07, 6.45) is 0. The molecule has 0 aliphatic rings. The predicted molar refractivity (Wildman–Crippen MR) is 110 cm³/mol. The van der Waals surface area contributed by atoms with Crippen molar-refractivity contribution in [3.63, 3.8) is 0 Å². The number of para-hydroxylation sites is 2. The third kappa shape index (κ3) is 7.56. The van der Waals surface area contributed by atoms with Gasteiger partial charge in [0.05, 0.1) is 25.3 Å². The fraction of sp³-hybridized carbons (Fsp3) is 0.364. The van der Waals surface area contributed by atoms with Crippen molar-refractivity contribution in [3.05, 3.63) is 60.2 Å². The Morgan fingerprint density at radius 3 is 2.41 bits per heavy atom. The van der Waals surface area contributed by atoms with Crippen molar-refractivity contribution >= 4 is 17.6 Å². The fourth-order valence-corrected chi connectivity index (χ4v) is 2.90. The van der Waals surface area contributed by atoms with Crippen LogP contribution in [0.25, 0.3) is 0 Å². The van der Waals surface area contributed by atoms with Gasteiger partial charge in [-0.2, -0.15) is 0 Å². The Labute approximate surface area is 171 Å². The number of hydrogen-bond donors (Lipinski definition) is 1. The molecule has 2 aromatic carbocycles. The predicted octanol–water partition coefficient (Wildman–Crippen LogP) is 2.92. The molecule has 1 amide bonds. The Morgan fingerprint density at radius 1 is 1.03 bits per heavy atom. The number of benzene rings is 2. The molecule has 0 heterocycles. The van der Waals surface area contributed by atoms with Crippen molar-refractivity contribution in [2.45, 2.75) is 13.5 Å². The van der Waals surface area contributed by atoms with E-state index in [1.807, 2.05) is 47.4 Å². The zero-order valence-electron chi connectivity index (χ0n) is 17.1. The summed E-state index contributed by atoms with van der Waals surface area (Å²) in [6.45, 7) is 2.93. The van der Waals surface area contributed by atoms with Crippen LogP contribution >= 0.6 is 0 Å². The van der Waals surface area contributed by atoms with Crippen LogP contribution in [0.3, 0.4) is 0 Å². The molecule has 1 atom stereocenters. The topological polar surface area (TPSA) is 77.1 Å². The molecule has 0 aliphatic heterocycles. The summed E-state index contributed by atoms with van der Waals surface area (Å²) in [5, 5.41) is 2.87. The number of methoxy groups -OCH3 is 2. The number of rotatable bonds is 11. The molecule has 0 bridgehead atoms. The second-order valence-corrected chi connectivity index (χ2v) is 6.67. The van der Waals surface area contributed by atoms with Crippen LogP contribution in [0.2, 0.25) is 0 Å². The summed E-state index contributed by atoms with van der Waals surface area (Å²) in [4.78, 5) is 26.5.